The van der Waals surface area contributed by atoms with Crippen LogP contribution in [0.5, 0.6) is 5.75 Å². The first-order valence-corrected chi connectivity index (χ1v) is 11.7. The van der Waals surface area contributed by atoms with Crippen molar-refractivity contribution >= 4 is 40.3 Å². The molecule has 0 aromatic heterocycles. The minimum Gasteiger partial charge on any atom is -0.488 e. The number of anilines is 1. The van der Waals surface area contributed by atoms with Crippen molar-refractivity contribution in [3.05, 3.63) is 94.0 Å². The molecule has 0 saturated carbocycles. The second kappa shape index (κ2) is 10.6. The number of carbonyl (C=O) groups is 2. The molecule has 2 N–H and O–H groups in total. The number of aromatic carboxylic acids is 1. The van der Waals surface area contributed by atoms with Gasteiger partial charge in [-0.2, -0.15) is 0 Å². The van der Waals surface area contributed by atoms with Crippen LogP contribution < -0.4 is 10.1 Å². The van der Waals surface area contributed by atoms with Gasteiger partial charge in [-0.1, -0.05) is 48.9 Å². The lowest BCUT2D eigenvalue weighted by atomic mass is 9.94. The lowest BCUT2D eigenvalue weighted by molar-refractivity contribution is -0.115. The Morgan fingerprint density at radius 2 is 1.76 bits per heavy atom. The number of nitrogens with one attached hydrogen (secondary N) is 1. The van der Waals surface area contributed by atoms with Crippen LogP contribution in [0.1, 0.15) is 59.7 Å². The number of benzene rings is 3. The Kier molecular flexibility index (Phi) is 7.33. The molecule has 0 bridgehead atoms. The highest BCUT2D eigenvalue weighted by atomic mass is 35.5. The van der Waals surface area contributed by atoms with Crippen molar-refractivity contribution < 1.29 is 19.4 Å². The monoisotopic (exact) mass is 475 g/mol. The number of ether oxygens (including phenoxy) is 1. The van der Waals surface area contributed by atoms with Crippen LogP contribution in [0.25, 0.3) is 11.1 Å². The van der Waals surface area contributed by atoms with Gasteiger partial charge in [0.05, 0.1) is 5.56 Å². The fourth-order valence-electron chi connectivity index (χ4n) is 4.21. The normalized spacial score (nSPS) is 13.1. The van der Waals surface area contributed by atoms with Gasteiger partial charge in [-0.3, -0.25) is 4.79 Å². The van der Waals surface area contributed by atoms with Crippen molar-refractivity contribution in [1.82, 2.24) is 0 Å². The van der Waals surface area contributed by atoms with E-state index in [0.717, 1.165) is 52.8 Å². The van der Waals surface area contributed by atoms with E-state index >= 15 is 0 Å². The summed E-state index contributed by atoms with van der Waals surface area (Å²) in [6, 6.07) is 20.5. The van der Waals surface area contributed by atoms with E-state index in [1.165, 1.54) is 6.07 Å². The molecule has 0 fully saturated rings. The third-order valence-electron chi connectivity index (χ3n) is 5.86. The van der Waals surface area contributed by atoms with Crippen LogP contribution in [0.3, 0.4) is 0 Å². The van der Waals surface area contributed by atoms with Crippen LogP contribution in [0.4, 0.5) is 5.69 Å². The number of carboxylic acid groups (broad SMARTS) is 1. The highest BCUT2D eigenvalue weighted by Gasteiger charge is 2.22. The third-order valence-corrected chi connectivity index (χ3v) is 6.09. The van der Waals surface area contributed by atoms with E-state index in [4.69, 9.17) is 16.3 Å². The van der Waals surface area contributed by atoms with Gasteiger partial charge in [0.2, 0.25) is 5.91 Å². The molecule has 174 valence electrons. The summed E-state index contributed by atoms with van der Waals surface area (Å²) in [6.45, 7) is 2.19. The smallest absolute Gasteiger partial charge is 0.335 e. The van der Waals surface area contributed by atoms with Crippen molar-refractivity contribution in [2.75, 3.05) is 5.32 Å². The summed E-state index contributed by atoms with van der Waals surface area (Å²) in [6.07, 6.45) is 2.87. The lowest BCUT2D eigenvalue weighted by Gasteiger charge is -2.16. The minimum atomic E-state index is -1.04. The van der Waals surface area contributed by atoms with Crippen molar-refractivity contribution in [3.8, 4) is 5.75 Å². The Hall–Kier alpha value is -3.57. The second-order valence-corrected chi connectivity index (χ2v) is 8.67. The Balaban J connectivity index is 1.75. The Labute approximate surface area is 204 Å². The van der Waals surface area contributed by atoms with Crippen LogP contribution in [-0.4, -0.2) is 17.0 Å². The number of allylic oxidation sites excluding steroid dienone is 2. The van der Waals surface area contributed by atoms with Crippen molar-refractivity contribution in [2.24, 2.45) is 0 Å². The van der Waals surface area contributed by atoms with Gasteiger partial charge in [0.15, 0.2) is 0 Å². The first kappa shape index (κ1) is 23.6. The Bertz CT molecular complexity index is 1250. The van der Waals surface area contributed by atoms with E-state index in [-0.39, 0.29) is 11.5 Å². The molecule has 0 aliphatic heterocycles. The average Bonchev–Trinajstić information content (AvgIpc) is 3.33. The van der Waals surface area contributed by atoms with Gasteiger partial charge in [-0.15, -0.1) is 0 Å². The Morgan fingerprint density at radius 1 is 1.00 bits per heavy atom. The summed E-state index contributed by atoms with van der Waals surface area (Å²) in [5.41, 5.74) is 5.50. The summed E-state index contributed by atoms with van der Waals surface area (Å²) < 4.78 is 6.18. The van der Waals surface area contributed by atoms with E-state index in [1.54, 1.807) is 13.0 Å². The maximum absolute atomic E-state index is 12.0. The van der Waals surface area contributed by atoms with Gasteiger partial charge in [0.1, 0.15) is 12.4 Å². The van der Waals surface area contributed by atoms with E-state index in [0.29, 0.717) is 23.7 Å². The third kappa shape index (κ3) is 5.49. The van der Waals surface area contributed by atoms with Gasteiger partial charge in [0, 0.05) is 22.7 Å². The number of carboxylic acids is 1. The summed E-state index contributed by atoms with van der Waals surface area (Å²) in [5.74, 6) is -0.472. The molecule has 1 amide bonds. The van der Waals surface area contributed by atoms with Crippen LogP contribution in [0, 0.1) is 0 Å². The molecular weight excluding hydrogens is 450 g/mol. The fraction of sp³-hybridized carbons (Fsp3) is 0.214. The van der Waals surface area contributed by atoms with Gasteiger partial charge in [0.25, 0.3) is 0 Å². The Morgan fingerprint density at radius 3 is 2.50 bits per heavy atom. The zero-order valence-electron chi connectivity index (χ0n) is 18.9. The molecule has 0 radical (unpaired) electrons. The topological polar surface area (TPSA) is 75.6 Å². The maximum atomic E-state index is 12.0. The number of halogens is 1. The van der Waals surface area contributed by atoms with E-state index in [2.05, 4.69) is 5.32 Å². The van der Waals surface area contributed by atoms with Gasteiger partial charge in [-0.25, -0.2) is 4.79 Å². The van der Waals surface area contributed by atoms with Crippen molar-refractivity contribution in [3.63, 3.8) is 0 Å². The van der Waals surface area contributed by atoms with Crippen LogP contribution >= 0.6 is 11.6 Å². The first-order valence-electron chi connectivity index (χ1n) is 11.3. The molecule has 34 heavy (non-hydrogen) atoms. The highest BCUT2D eigenvalue weighted by molar-refractivity contribution is 6.30. The largest absolute Gasteiger partial charge is 0.488 e. The van der Waals surface area contributed by atoms with Crippen LogP contribution in [-0.2, 0) is 11.4 Å². The van der Waals surface area contributed by atoms with Crippen molar-refractivity contribution in [1.29, 1.82) is 0 Å². The number of rotatable bonds is 8. The minimum absolute atomic E-state index is 0.134. The molecule has 0 spiro atoms. The number of hydrogen-bond donors (Lipinski definition) is 2. The first-order chi connectivity index (χ1) is 16.4. The summed E-state index contributed by atoms with van der Waals surface area (Å²) in [4.78, 5) is 23.7. The molecule has 0 atom stereocenters. The highest BCUT2D eigenvalue weighted by Crippen LogP contribution is 2.44. The molecule has 1 aliphatic rings. The molecule has 6 heteroatoms. The molecule has 3 aromatic rings. The second-order valence-electron chi connectivity index (χ2n) is 8.23. The van der Waals surface area contributed by atoms with Gasteiger partial charge < -0.3 is 15.2 Å². The predicted molar refractivity (Wildman–Crippen MR) is 135 cm³/mol. The van der Waals surface area contributed by atoms with Crippen LogP contribution in [0.15, 0.2) is 66.7 Å². The predicted octanol–water partition coefficient (Wildman–Crippen LogP) is 7.06. The maximum Gasteiger partial charge on any atom is 0.335 e. The summed E-state index contributed by atoms with van der Waals surface area (Å²) in [7, 11) is 0. The fourth-order valence-corrected chi connectivity index (χ4v) is 4.38. The average molecular weight is 476 g/mol. The quantitative estimate of drug-likeness (QED) is 0.365. The number of amides is 1. The number of hydrogen-bond acceptors (Lipinski definition) is 3. The van der Waals surface area contributed by atoms with E-state index in [9.17, 15) is 14.7 Å². The van der Waals surface area contributed by atoms with Gasteiger partial charge >= 0.3 is 5.97 Å². The molecule has 5 nitrogen and oxygen atoms in total. The lowest BCUT2D eigenvalue weighted by Crippen LogP contribution is -2.11. The summed E-state index contributed by atoms with van der Waals surface area (Å²) in [5, 5.41) is 13.0. The molecule has 0 heterocycles. The zero-order chi connectivity index (χ0) is 24.1. The van der Waals surface area contributed by atoms with E-state index in [1.807, 2.05) is 54.6 Å². The SMILES string of the molecule is CCC(=O)Nc1cc(C(=O)O)cc(C2=C(c3cc(Cl)ccc3OCc3ccccc3)CCC2)c1. The van der Waals surface area contributed by atoms with Crippen molar-refractivity contribution in [2.45, 2.75) is 39.2 Å². The van der Waals surface area contributed by atoms with Crippen LogP contribution in [0.2, 0.25) is 5.02 Å². The molecule has 4 rings (SSSR count). The van der Waals surface area contributed by atoms with Gasteiger partial charge in [-0.05, 0) is 77.9 Å². The molecular formula is C28H26ClNO4. The molecule has 0 saturated heterocycles. The number of carbonyl (C=O) groups excluding carboxylic acids is 1. The zero-order valence-corrected chi connectivity index (χ0v) is 19.7. The molecule has 3 aromatic carbocycles. The molecule has 1 aliphatic carbocycles. The standard InChI is InChI=1S/C28H26ClNO4/c1-2-27(31)30-22-14-19(13-20(15-22)28(32)33)23-9-6-10-24(23)25-16-21(29)11-12-26(25)34-17-18-7-4-3-5-8-18/h3-5,7-8,11-16H,2,6,9-10,17H2,1H3,(H,30,31)(H,32,33). The molecule has 0 unspecified atom stereocenters. The van der Waals surface area contributed by atoms with E-state index < -0.39 is 5.97 Å². The summed E-state index contributed by atoms with van der Waals surface area (Å²) >= 11 is 6.37.